The molecule has 0 bridgehead atoms. The predicted octanol–water partition coefficient (Wildman–Crippen LogP) is 2.76. The fourth-order valence-electron chi connectivity index (χ4n) is 1.58. The Balaban J connectivity index is 1.94. The average molecular weight is 256 g/mol. The van der Waals surface area contributed by atoms with Gasteiger partial charge in [-0.1, -0.05) is 17.7 Å². The predicted molar refractivity (Wildman–Crippen MR) is 75.3 cm³/mol. The molecule has 0 radical (unpaired) electrons. The van der Waals surface area contributed by atoms with Crippen molar-refractivity contribution in [1.29, 1.82) is 0 Å². The molecule has 0 aromatic heterocycles. The van der Waals surface area contributed by atoms with E-state index in [-0.39, 0.29) is 5.91 Å². The Kier molecular flexibility index (Phi) is 4.03. The number of anilines is 1. The lowest BCUT2D eigenvalue weighted by Gasteiger charge is -2.09. The molecule has 2 N–H and O–H groups in total. The molecular formula is C15H16N2O2. The zero-order valence-corrected chi connectivity index (χ0v) is 10.9. The van der Waals surface area contributed by atoms with Crippen molar-refractivity contribution in [3.05, 3.63) is 59.7 Å². The second-order valence-electron chi connectivity index (χ2n) is 4.17. The van der Waals surface area contributed by atoms with Gasteiger partial charge in [0, 0.05) is 5.56 Å². The number of hydrogen-bond donors (Lipinski definition) is 2. The number of ether oxygens (including phenoxy) is 1. The zero-order chi connectivity index (χ0) is 13.7. The Labute approximate surface area is 112 Å². The van der Waals surface area contributed by atoms with Crippen LogP contribution in [0.15, 0.2) is 48.5 Å². The number of methoxy groups -OCH3 is 1. The van der Waals surface area contributed by atoms with Crippen LogP contribution in [-0.4, -0.2) is 13.0 Å². The smallest absolute Gasteiger partial charge is 0.269 e. The van der Waals surface area contributed by atoms with Crippen molar-refractivity contribution in [1.82, 2.24) is 5.43 Å². The lowest BCUT2D eigenvalue weighted by molar-refractivity contribution is 0.0962. The molecule has 0 aliphatic rings. The lowest BCUT2D eigenvalue weighted by Crippen LogP contribution is -2.29. The number of hydrazine groups is 1. The molecule has 0 saturated heterocycles. The van der Waals surface area contributed by atoms with Crippen LogP contribution in [0.2, 0.25) is 0 Å². The Morgan fingerprint density at radius 1 is 1.00 bits per heavy atom. The van der Waals surface area contributed by atoms with E-state index in [1.54, 1.807) is 19.2 Å². The molecule has 2 rings (SSSR count). The summed E-state index contributed by atoms with van der Waals surface area (Å²) in [5.74, 6) is 0.603. The molecule has 4 nitrogen and oxygen atoms in total. The number of carbonyl (C=O) groups is 1. The first kappa shape index (κ1) is 13.0. The molecule has 0 saturated carbocycles. The van der Waals surface area contributed by atoms with Crippen LogP contribution in [-0.2, 0) is 0 Å². The molecule has 0 spiro atoms. The van der Waals surface area contributed by atoms with Gasteiger partial charge in [0.05, 0.1) is 12.8 Å². The van der Waals surface area contributed by atoms with Crippen LogP contribution in [0.25, 0.3) is 0 Å². The number of hydrogen-bond acceptors (Lipinski definition) is 3. The molecule has 0 aliphatic heterocycles. The molecule has 0 unspecified atom stereocenters. The maximum absolute atomic E-state index is 11.9. The van der Waals surface area contributed by atoms with Crippen molar-refractivity contribution in [2.24, 2.45) is 0 Å². The first-order valence-corrected chi connectivity index (χ1v) is 5.96. The van der Waals surface area contributed by atoms with Crippen LogP contribution >= 0.6 is 0 Å². The average Bonchev–Trinajstić information content (AvgIpc) is 2.46. The Hall–Kier alpha value is -2.49. The number of aryl methyl sites for hydroxylation is 1. The normalized spacial score (nSPS) is 9.79. The number of nitrogens with one attached hydrogen (secondary N) is 2. The van der Waals surface area contributed by atoms with Gasteiger partial charge in [-0.3, -0.25) is 15.6 Å². The van der Waals surface area contributed by atoms with E-state index < -0.39 is 0 Å². The Morgan fingerprint density at radius 3 is 2.21 bits per heavy atom. The minimum absolute atomic E-state index is 0.171. The summed E-state index contributed by atoms with van der Waals surface area (Å²) < 4.78 is 5.06. The third kappa shape index (κ3) is 3.48. The number of amides is 1. The van der Waals surface area contributed by atoms with E-state index >= 15 is 0 Å². The molecule has 98 valence electrons. The summed E-state index contributed by atoms with van der Waals surface area (Å²) >= 11 is 0. The van der Waals surface area contributed by atoms with E-state index in [0.29, 0.717) is 5.56 Å². The lowest BCUT2D eigenvalue weighted by atomic mass is 10.1. The minimum Gasteiger partial charge on any atom is -0.497 e. The Bertz CT molecular complexity index is 547. The van der Waals surface area contributed by atoms with Gasteiger partial charge >= 0.3 is 0 Å². The van der Waals surface area contributed by atoms with Crippen LogP contribution in [0.5, 0.6) is 5.75 Å². The summed E-state index contributed by atoms with van der Waals surface area (Å²) in [6.45, 7) is 1.98. The summed E-state index contributed by atoms with van der Waals surface area (Å²) in [4.78, 5) is 11.9. The highest BCUT2D eigenvalue weighted by atomic mass is 16.5. The molecule has 2 aromatic carbocycles. The summed E-state index contributed by atoms with van der Waals surface area (Å²) in [7, 11) is 1.61. The molecule has 0 atom stereocenters. The van der Waals surface area contributed by atoms with Gasteiger partial charge in [-0.05, 0) is 43.3 Å². The van der Waals surface area contributed by atoms with Gasteiger partial charge < -0.3 is 4.74 Å². The molecule has 19 heavy (non-hydrogen) atoms. The molecule has 0 heterocycles. The highest BCUT2D eigenvalue weighted by molar-refractivity contribution is 5.94. The molecule has 1 amide bonds. The molecule has 2 aromatic rings. The van der Waals surface area contributed by atoms with E-state index in [0.717, 1.165) is 17.0 Å². The fourth-order valence-corrected chi connectivity index (χ4v) is 1.58. The number of benzene rings is 2. The van der Waals surface area contributed by atoms with Gasteiger partial charge in [0.25, 0.3) is 5.91 Å². The van der Waals surface area contributed by atoms with Crippen molar-refractivity contribution in [3.8, 4) is 5.75 Å². The highest BCUT2D eigenvalue weighted by Crippen LogP contribution is 2.14. The van der Waals surface area contributed by atoms with Crippen molar-refractivity contribution in [2.75, 3.05) is 12.5 Å². The maximum atomic E-state index is 11.9. The summed E-state index contributed by atoms with van der Waals surface area (Å²) in [6.07, 6.45) is 0. The van der Waals surface area contributed by atoms with Crippen LogP contribution in [0.3, 0.4) is 0 Å². The van der Waals surface area contributed by atoms with E-state index in [1.807, 2.05) is 43.3 Å². The number of rotatable bonds is 4. The Morgan fingerprint density at radius 2 is 1.63 bits per heavy atom. The van der Waals surface area contributed by atoms with Gasteiger partial charge in [0.2, 0.25) is 0 Å². The van der Waals surface area contributed by atoms with E-state index in [2.05, 4.69) is 10.9 Å². The van der Waals surface area contributed by atoms with Crippen molar-refractivity contribution < 1.29 is 9.53 Å². The molecular weight excluding hydrogens is 240 g/mol. The van der Waals surface area contributed by atoms with Crippen LogP contribution in [0, 0.1) is 6.92 Å². The molecule has 0 fully saturated rings. The van der Waals surface area contributed by atoms with Crippen molar-refractivity contribution in [3.63, 3.8) is 0 Å². The quantitative estimate of drug-likeness (QED) is 0.827. The van der Waals surface area contributed by atoms with Gasteiger partial charge in [-0.2, -0.15) is 0 Å². The first-order chi connectivity index (χ1) is 9.19. The topological polar surface area (TPSA) is 50.4 Å². The standard InChI is InChI=1S/C15H16N2O2/c1-11-3-5-12(6-4-11)15(18)17-16-13-7-9-14(19-2)10-8-13/h3-10,16H,1-2H3,(H,17,18). The van der Waals surface area contributed by atoms with Crippen molar-refractivity contribution >= 4 is 11.6 Å². The van der Waals surface area contributed by atoms with Gasteiger partial charge in [-0.15, -0.1) is 0 Å². The third-order valence-electron chi connectivity index (χ3n) is 2.72. The van der Waals surface area contributed by atoms with E-state index in [9.17, 15) is 4.79 Å². The molecule has 0 aliphatic carbocycles. The second-order valence-corrected chi connectivity index (χ2v) is 4.17. The maximum Gasteiger partial charge on any atom is 0.269 e. The monoisotopic (exact) mass is 256 g/mol. The first-order valence-electron chi connectivity index (χ1n) is 5.96. The largest absolute Gasteiger partial charge is 0.497 e. The van der Waals surface area contributed by atoms with Crippen LogP contribution in [0.1, 0.15) is 15.9 Å². The molecule has 4 heteroatoms. The van der Waals surface area contributed by atoms with Crippen LogP contribution in [0.4, 0.5) is 5.69 Å². The van der Waals surface area contributed by atoms with Crippen molar-refractivity contribution in [2.45, 2.75) is 6.92 Å². The SMILES string of the molecule is COc1ccc(NNC(=O)c2ccc(C)cc2)cc1. The highest BCUT2D eigenvalue weighted by Gasteiger charge is 2.03. The number of carbonyl (C=O) groups excluding carboxylic acids is 1. The third-order valence-corrected chi connectivity index (χ3v) is 2.72. The minimum atomic E-state index is -0.171. The van der Waals surface area contributed by atoms with E-state index in [1.165, 1.54) is 0 Å². The fraction of sp³-hybridized carbons (Fsp3) is 0.133. The summed E-state index contributed by atoms with van der Waals surface area (Å²) in [5, 5.41) is 0. The van der Waals surface area contributed by atoms with Gasteiger partial charge in [0.15, 0.2) is 0 Å². The van der Waals surface area contributed by atoms with Gasteiger partial charge in [-0.25, -0.2) is 0 Å². The van der Waals surface area contributed by atoms with E-state index in [4.69, 9.17) is 4.74 Å². The van der Waals surface area contributed by atoms with Crippen LogP contribution < -0.4 is 15.6 Å². The zero-order valence-electron chi connectivity index (χ0n) is 10.9. The van der Waals surface area contributed by atoms with Gasteiger partial charge in [0.1, 0.15) is 5.75 Å². The summed E-state index contributed by atoms with van der Waals surface area (Å²) in [6, 6.07) is 14.7. The summed E-state index contributed by atoms with van der Waals surface area (Å²) in [5.41, 5.74) is 8.03. The second kappa shape index (κ2) is 5.91.